The molecule has 1 saturated carbocycles. The van der Waals surface area contributed by atoms with E-state index in [2.05, 4.69) is 31.1 Å². The van der Waals surface area contributed by atoms with E-state index in [-0.39, 0.29) is 0 Å². The molecule has 3 heteroatoms. The van der Waals surface area contributed by atoms with E-state index in [9.17, 15) is 0 Å². The minimum absolute atomic E-state index is 0.411. The van der Waals surface area contributed by atoms with Gasteiger partial charge in [0.25, 0.3) is 0 Å². The van der Waals surface area contributed by atoms with Crippen LogP contribution in [0.1, 0.15) is 55.5 Å². The summed E-state index contributed by atoms with van der Waals surface area (Å²) in [6, 6.07) is 1.11. The van der Waals surface area contributed by atoms with Crippen LogP contribution in [0.2, 0.25) is 0 Å². The fourth-order valence-electron chi connectivity index (χ4n) is 2.58. The van der Waals surface area contributed by atoms with Gasteiger partial charge in [0.2, 0.25) is 0 Å². The maximum atomic E-state index is 4.46. The highest BCUT2D eigenvalue weighted by Gasteiger charge is 2.21. The Morgan fingerprint density at radius 1 is 1.50 bits per heavy atom. The molecule has 3 atom stereocenters. The third-order valence-corrected chi connectivity index (χ3v) is 4.53. The maximum absolute atomic E-state index is 4.46. The molecule has 1 aromatic rings. The second-order valence-corrected chi connectivity index (χ2v) is 6.43. The van der Waals surface area contributed by atoms with Gasteiger partial charge in [-0.2, -0.15) is 0 Å². The van der Waals surface area contributed by atoms with Gasteiger partial charge in [0.15, 0.2) is 0 Å². The van der Waals surface area contributed by atoms with Crippen molar-refractivity contribution in [1.29, 1.82) is 0 Å². The van der Waals surface area contributed by atoms with E-state index < -0.39 is 0 Å². The predicted octanol–water partition coefficient (Wildman–Crippen LogP) is 3.68. The molecule has 1 aliphatic rings. The molecule has 90 valence electrons. The molecular weight excluding hydrogens is 216 g/mol. The summed E-state index contributed by atoms with van der Waals surface area (Å²) in [7, 11) is 0. The Hall–Kier alpha value is -0.410. The first kappa shape index (κ1) is 12.1. The third-order valence-electron chi connectivity index (χ3n) is 3.43. The average Bonchev–Trinajstić information content (AvgIpc) is 2.65. The smallest absolute Gasteiger partial charge is 0.109 e. The lowest BCUT2D eigenvalue weighted by atomic mass is 9.87. The van der Waals surface area contributed by atoms with Crippen molar-refractivity contribution in [3.8, 4) is 0 Å². The van der Waals surface area contributed by atoms with E-state index in [1.807, 2.05) is 17.5 Å². The Labute approximate surface area is 102 Å². The van der Waals surface area contributed by atoms with Crippen molar-refractivity contribution < 1.29 is 0 Å². The number of nitrogens with zero attached hydrogens (tertiary/aromatic N) is 1. The van der Waals surface area contributed by atoms with Crippen molar-refractivity contribution >= 4 is 11.3 Å². The van der Waals surface area contributed by atoms with Gasteiger partial charge in [-0.25, -0.2) is 4.98 Å². The monoisotopic (exact) mass is 238 g/mol. The lowest BCUT2D eigenvalue weighted by molar-refractivity contribution is 0.285. The van der Waals surface area contributed by atoms with Crippen molar-refractivity contribution in [1.82, 2.24) is 10.3 Å². The van der Waals surface area contributed by atoms with Gasteiger partial charge in [0, 0.05) is 17.1 Å². The first-order valence-corrected chi connectivity index (χ1v) is 7.15. The molecule has 1 aromatic heterocycles. The topological polar surface area (TPSA) is 24.9 Å². The lowest BCUT2D eigenvalue weighted by Gasteiger charge is -2.29. The largest absolute Gasteiger partial charge is 0.305 e. The summed E-state index contributed by atoms with van der Waals surface area (Å²) in [6.07, 6.45) is 7.42. The Morgan fingerprint density at radius 3 is 2.94 bits per heavy atom. The van der Waals surface area contributed by atoms with E-state index in [4.69, 9.17) is 0 Å². The minimum atomic E-state index is 0.411. The Bertz CT molecular complexity index is 334. The molecule has 0 aliphatic heterocycles. The van der Waals surface area contributed by atoms with Gasteiger partial charge >= 0.3 is 0 Å². The molecule has 0 bridgehead atoms. The molecule has 2 rings (SSSR count). The van der Waals surface area contributed by atoms with Crippen molar-refractivity contribution in [2.75, 3.05) is 0 Å². The summed E-state index contributed by atoms with van der Waals surface area (Å²) in [5.41, 5.74) is 0. The molecule has 16 heavy (non-hydrogen) atoms. The van der Waals surface area contributed by atoms with Gasteiger partial charge in [-0.1, -0.05) is 19.8 Å². The van der Waals surface area contributed by atoms with Gasteiger partial charge < -0.3 is 5.32 Å². The summed E-state index contributed by atoms with van der Waals surface area (Å²) >= 11 is 1.81. The summed E-state index contributed by atoms with van der Waals surface area (Å²) in [5, 5.41) is 4.96. The van der Waals surface area contributed by atoms with Crippen LogP contribution in [0.15, 0.2) is 6.20 Å². The van der Waals surface area contributed by atoms with E-state index in [0.29, 0.717) is 12.1 Å². The molecule has 2 nitrogen and oxygen atoms in total. The van der Waals surface area contributed by atoms with Gasteiger partial charge in [-0.3, -0.25) is 0 Å². The van der Waals surface area contributed by atoms with Crippen LogP contribution in [0.4, 0.5) is 0 Å². The minimum Gasteiger partial charge on any atom is -0.305 e. The van der Waals surface area contributed by atoms with E-state index in [1.165, 1.54) is 35.6 Å². The Balaban J connectivity index is 1.89. The highest BCUT2D eigenvalue weighted by molar-refractivity contribution is 7.11. The number of aromatic nitrogens is 1. The zero-order chi connectivity index (χ0) is 11.5. The van der Waals surface area contributed by atoms with Crippen LogP contribution in [0, 0.1) is 12.8 Å². The number of nitrogens with one attached hydrogen (secondary N) is 1. The quantitative estimate of drug-likeness (QED) is 0.869. The number of rotatable bonds is 3. The van der Waals surface area contributed by atoms with Gasteiger partial charge in [0.05, 0.1) is 6.04 Å². The van der Waals surface area contributed by atoms with Crippen molar-refractivity contribution in [3.05, 3.63) is 16.1 Å². The first-order valence-electron chi connectivity index (χ1n) is 6.33. The molecule has 1 heterocycles. The van der Waals surface area contributed by atoms with E-state index in [0.717, 1.165) is 5.92 Å². The summed E-state index contributed by atoms with van der Waals surface area (Å²) < 4.78 is 0. The van der Waals surface area contributed by atoms with Crippen molar-refractivity contribution in [2.45, 2.75) is 58.5 Å². The SMILES string of the molecule is Cc1cnc(C(C)NC2CCCC(C)C2)s1. The fourth-order valence-corrected chi connectivity index (χ4v) is 3.37. The second-order valence-electron chi connectivity index (χ2n) is 5.17. The molecule has 0 radical (unpaired) electrons. The third kappa shape index (κ3) is 3.05. The van der Waals surface area contributed by atoms with Crippen molar-refractivity contribution in [2.24, 2.45) is 5.92 Å². The van der Waals surface area contributed by atoms with Crippen LogP contribution in [-0.4, -0.2) is 11.0 Å². The second kappa shape index (κ2) is 5.28. The zero-order valence-corrected chi connectivity index (χ0v) is 11.3. The van der Waals surface area contributed by atoms with E-state index in [1.54, 1.807) is 0 Å². The zero-order valence-electron chi connectivity index (χ0n) is 10.5. The molecular formula is C13H22N2S. The molecule has 0 amide bonds. The summed E-state index contributed by atoms with van der Waals surface area (Å²) in [6.45, 7) is 6.72. The van der Waals surface area contributed by atoms with Crippen LogP contribution in [-0.2, 0) is 0 Å². The number of aryl methyl sites for hydroxylation is 1. The number of thiazole rings is 1. The Kier molecular flexibility index (Phi) is 3.98. The summed E-state index contributed by atoms with van der Waals surface area (Å²) in [4.78, 5) is 5.76. The summed E-state index contributed by atoms with van der Waals surface area (Å²) in [5.74, 6) is 0.886. The van der Waals surface area contributed by atoms with Gasteiger partial charge in [-0.05, 0) is 32.6 Å². The van der Waals surface area contributed by atoms with Crippen LogP contribution in [0.25, 0.3) is 0 Å². The molecule has 0 saturated heterocycles. The highest BCUT2D eigenvalue weighted by Crippen LogP contribution is 2.26. The van der Waals surface area contributed by atoms with Crippen molar-refractivity contribution in [3.63, 3.8) is 0 Å². The molecule has 1 N–H and O–H groups in total. The lowest BCUT2D eigenvalue weighted by Crippen LogP contribution is -2.35. The van der Waals surface area contributed by atoms with Crippen LogP contribution in [0.3, 0.4) is 0 Å². The van der Waals surface area contributed by atoms with E-state index >= 15 is 0 Å². The first-order chi connectivity index (χ1) is 7.65. The molecule has 3 unspecified atom stereocenters. The van der Waals surface area contributed by atoms with Gasteiger partial charge in [0.1, 0.15) is 5.01 Å². The van der Waals surface area contributed by atoms with Crippen LogP contribution >= 0.6 is 11.3 Å². The molecule has 0 spiro atoms. The number of hydrogen-bond donors (Lipinski definition) is 1. The average molecular weight is 238 g/mol. The maximum Gasteiger partial charge on any atom is 0.109 e. The standard InChI is InChI=1S/C13H22N2S/c1-9-5-4-6-12(7-9)15-11(3)13-14-8-10(2)16-13/h8-9,11-12,15H,4-7H2,1-3H3. The Morgan fingerprint density at radius 2 is 2.31 bits per heavy atom. The molecule has 1 aliphatic carbocycles. The van der Waals surface area contributed by atoms with Gasteiger partial charge in [-0.15, -0.1) is 11.3 Å². The predicted molar refractivity (Wildman–Crippen MR) is 69.8 cm³/mol. The molecule has 1 fully saturated rings. The van der Waals surface area contributed by atoms with Crippen LogP contribution in [0.5, 0.6) is 0 Å². The molecule has 0 aromatic carbocycles. The normalized spacial score (nSPS) is 27.9. The fraction of sp³-hybridized carbons (Fsp3) is 0.769. The van der Waals surface area contributed by atoms with Crippen LogP contribution < -0.4 is 5.32 Å². The highest BCUT2D eigenvalue weighted by atomic mass is 32.1. The number of hydrogen-bond acceptors (Lipinski definition) is 3.